The maximum Gasteiger partial charge on any atom is 0.317 e. The lowest BCUT2D eigenvalue weighted by Crippen LogP contribution is -2.53. The number of urea groups is 1. The van der Waals surface area contributed by atoms with Gasteiger partial charge in [-0.25, -0.2) is 17.9 Å². The highest BCUT2D eigenvalue weighted by Crippen LogP contribution is 2.36. The lowest BCUT2D eigenvalue weighted by molar-refractivity contribution is 0.0241. The van der Waals surface area contributed by atoms with Gasteiger partial charge in [0.1, 0.15) is 10.6 Å². The molecule has 0 saturated carbocycles. The summed E-state index contributed by atoms with van der Waals surface area (Å²) in [6.45, 7) is 6.15. The van der Waals surface area contributed by atoms with Crippen molar-refractivity contribution in [3.05, 3.63) is 30.6 Å². The first-order chi connectivity index (χ1) is 17.5. The van der Waals surface area contributed by atoms with Gasteiger partial charge in [-0.05, 0) is 51.4 Å². The quantitative estimate of drug-likeness (QED) is 0.529. The van der Waals surface area contributed by atoms with Crippen molar-refractivity contribution in [3.8, 4) is 16.9 Å². The van der Waals surface area contributed by atoms with E-state index in [0.717, 1.165) is 11.1 Å². The van der Waals surface area contributed by atoms with E-state index in [1.54, 1.807) is 23.0 Å². The van der Waals surface area contributed by atoms with Crippen molar-refractivity contribution in [1.29, 1.82) is 0 Å². The number of aromatic nitrogens is 2. The molecule has 2 amide bonds. The van der Waals surface area contributed by atoms with Crippen LogP contribution in [0.1, 0.15) is 26.7 Å². The van der Waals surface area contributed by atoms with Gasteiger partial charge in [-0.3, -0.25) is 4.68 Å². The maximum atomic E-state index is 13.2. The lowest BCUT2D eigenvalue weighted by atomic mass is 9.78. The Bertz CT molecular complexity index is 1210. The number of aliphatic hydroxyl groups excluding tert-OH is 1. The number of likely N-dealkylation sites (N-methyl/N-ethyl adjacent to an activating group) is 1. The van der Waals surface area contributed by atoms with Crippen molar-refractivity contribution in [1.82, 2.24) is 29.6 Å². The number of hydrogen-bond donors (Lipinski definition) is 3. The minimum Gasteiger partial charge on any atom is -0.492 e. The number of carbonyl (C=O) groups excluding carboxylic acids is 1. The molecule has 1 aromatic carbocycles. The Hall–Kier alpha value is -2.67. The number of ether oxygens (including phenoxy) is 1. The molecule has 12 heteroatoms. The molecule has 37 heavy (non-hydrogen) atoms. The topological polar surface area (TPSA) is 129 Å². The summed E-state index contributed by atoms with van der Waals surface area (Å²) in [5.41, 5.74) is 1.32. The molecule has 1 aromatic heterocycles. The van der Waals surface area contributed by atoms with Gasteiger partial charge in [-0.2, -0.15) is 5.10 Å². The summed E-state index contributed by atoms with van der Waals surface area (Å²) in [6.07, 6.45) is 4.10. The molecule has 1 atom stereocenters. The van der Waals surface area contributed by atoms with E-state index in [2.05, 4.69) is 15.1 Å². The van der Waals surface area contributed by atoms with Crippen LogP contribution in [0.4, 0.5) is 4.79 Å². The van der Waals surface area contributed by atoms with Crippen LogP contribution in [0.25, 0.3) is 11.1 Å². The van der Waals surface area contributed by atoms with Crippen molar-refractivity contribution in [2.45, 2.75) is 43.7 Å². The van der Waals surface area contributed by atoms with Crippen molar-refractivity contribution >= 4 is 16.1 Å². The highest BCUT2D eigenvalue weighted by atomic mass is 32.2. The summed E-state index contributed by atoms with van der Waals surface area (Å²) in [7, 11) is -0.188. The number of hydrogen-bond acceptors (Lipinski definition) is 7. The van der Waals surface area contributed by atoms with Crippen LogP contribution >= 0.6 is 0 Å². The molecule has 1 spiro atoms. The number of nitrogens with zero attached hydrogens (tertiary/aromatic N) is 4. The molecular weight excluding hydrogens is 496 g/mol. The number of amides is 2. The molecule has 2 aliphatic heterocycles. The van der Waals surface area contributed by atoms with Crippen molar-refractivity contribution < 1.29 is 23.1 Å². The van der Waals surface area contributed by atoms with Gasteiger partial charge in [-0.1, -0.05) is 6.07 Å². The highest BCUT2D eigenvalue weighted by molar-refractivity contribution is 7.89. The fourth-order valence-electron chi connectivity index (χ4n) is 5.04. The minimum atomic E-state index is -3.92. The van der Waals surface area contributed by atoms with Gasteiger partial charge in [-0.15, -0.1) is 0 Å². The van der Waals surface area contributed by atoms with Gasteiger partial charge in [0, 0.05) is 63.0 Å². The van der Waals surface area contributed by atoms with Crippen LogP contribution in [0.15, 0.2) is 35.5 Å². The van der Waals surface area contributed by atoms with Crippen LogP contribution < -0.4 is 14.8 Å². The zero-order valence-electron chi connectivity index (χ0n) is 22.0. The average Bonchev–Trinajstić information content (AvgIpc) is 3.27. The first-order valence-electron chi connectivity index (χ1n) is 12.6. The van der Waals surface area contributed by atoms with E-state index in [4.69, 9.17) is 4.74 Å². The molecule has 0 radical (unpaired) electrons. The Labute approximate surface area is 218 Å². The van der Waals surface area contributed by atoms with Crippen molar-refractivity contribution in [3.63, 3.8) is 0 Å². The smallest absolute Gasteiger partial charge is 0.317 e. The van der Waals surface area contributed by atoms with E-state index < -0.39 is 16.1 Å². The van der Waals surface area contributed by atoms with Gasteiger partial charge in [0.25, 0.3) is 0 Å². The predicted octanol–water partition coefficient (Wildman–Crippen LogP) is 1.25. The summed E-state index contributed by atoms with van der Waals surface area (Å²) >= 11 is 0. The van der Waals surface area contributed by atoms with Gasteiger partial charge in [0.15, 0.2) is 0 Å². The summed E-state index contributed by atoms with van der Waals surface area (Å²) in [5.74, 6) is 0.255. The number of piperidine rings is 1. The van der Waals surface area contributed by atoms with Gasteiger partial charge < -0.3 is 25.0 Å². The molecule has 2 aliphatic rings. The molecule has 11 nitrogen and oxygen atoms in total. The van der Waals surface area contributed by atoms with E-state index in [1.807, 2.05) is 43.9 Å². The van der Waals surface area contributed by atoms with Crippen LogP contribution in [0.5, 0.6) is 5.75 Å². The second-order valence-corrected chi connectivity index (χ2v) is 12.4. The molecule has 3 heterocycles. The zero-order valence-corrected chi connectivity index (χ0v) is 22.8. The van der Waals surface area contributed by atoms with Crippen LogP contribution in [-0.4, -0.2) is 97.7 Å². The third kappa shape index (κ3) is 6.61. The number of rotatable bonds is 2. The van der Waals surface area contributed by atoms with Crippen LogP contribution in [0.3, 0.4) is 0 Å². The molecule has 2 aromatic rings. The Kier molecular flexibility index (Phi) is 8.12. The van der Waals surface area contributed by atoms with Crippen LogP contribution in [-0.2, 0) is 17.1 Å². The maximum absolute atomic E-state index is 13.2. The first-order valence-corrected chi connectivity index (χ1v) is 14.1. The number of nitrogens with one attached hydrogen (secondary N) is 2. The number of aliphatic hydroxyl groups is 1. The van der Waals surface area contributed by atoms with Gasteiger partial charge in [0.05, 0.1) is 18.9 Å². The van der Waals surface area contributed by atoms with E-state index in [1.165, 1.54) is 6.07 Å². The number of fused-ring (bicyclic) bond motifs is 1. The van der Waals surface area contributed by atoms with Gasteiger partial charge in [0.2, 0.25) is 10.0 Å². The summed E-state index contributed by atoms with van der Waals surface area (Å²) in [4.78, 5) is 16.4. The third-order valence-corrected chi connectivity index (χ3v) is 8.43. The number of likely N-dealkylation sites (tertiary alicyclic amines) is 1. The molecule has 0 bridgehead atoms. The van der Waals surface area contributed by atoms with E-state index in [0.29, 0.717) is 39.0 Å². The summed E-state index contributed by atoms with van der Waals surface area (Å²) < 4.78 is 36.9. The second-order valence-electron chi connectivity index (χ2n) is 10.6. The number of sulfonamides is 1. The van der Waals surface area contributed by atoms with Crippen LogP contribution in [0, 0.1) is 5.41 Å². The normalized spacial score (nSPS) is 22.5. The highest BCUT2D eigenvalue weighted by Gasteiger charge is 2.39. The molecular formula is C25H38N6O5S. The predicted molar refractivity (Wildman–Crippen MR) is 140 cm³/mol. The van der Waals surface area contributed by atoms with Crippen molar-refractivity contribution in [2.24, 2.45) is 12.5 Å². The first kappa shape index (κ1) is 27.4. The summed E-state index contributed by atoms with van der Waals surface area (Å²) in [5, 5.41) is 17.7. The van der Waals surface area contributed by atoms with Crippen LogP contribution in [0.2, 0.25) is 0 Å². The molecule has 1 unspecified atom stereocenters. The van der Waals surface area contributed by atoms with Gasteiger partial charge >= 0.3 is 6.03 Å². The Morgan fingerprint density at radius 2 is 1.97 bits per heavy atom. The minimum absolute atomic E-state index is 0.0326. The fraction of sp³-hybridized carbons (Fsp3) is 0.600. The standard InChI is InChI=1S/C25H38N6O5S/c1-18(2)28-24(33)31-9-7-25(8-10-31)16-29(3)15-21(32)13-27-37(34,35)23-6-5-19(11-22(23)36-17-25)20-12-26-30(4)14-20/h5-6,11-12,14,18,21,27,32H,7-10,13,15-17H2,1-4H3,(H,28,33). The second kappa shape index (κ2) is 11.0. The molecule has 1 fully saturated rings. The molecule has 1 saturated heterocycles. The summed E-state index contributed by atoms with van der Waals surface area (Å²) in [6, 6.07) is 4.98. The number of aryl methyl sites for hydroxylation is 1. The van der Waals surface area contributed by atoms with E-state index in [9.17, 15) is 18.3 Å². The number of carbonyl (C=O) groups is 1. The molecule has 0 aliphatic carbocycles. The third-order valence-electron chi connectivity index (χ3n) is 6.97. The molecule has 204 valence electrons. The SMILES string of the molecule is CC(C)NC(=O)N1CCC2(CC1)COc1cc(-c3cnn(C)c3)ccc1S(=O)(=O)NCC(O)CN(C)C2. The fourth-order valence-corrected chi connectivity index (χ4v) is 6.24. The largest absolute Gasteiger partial charge is 0.492 e. The Morgan fingerprint density at radius 3 is 2.62 bits per heavy atom. The Morgan fingerprint density at radius 1 is 1.24 bits per heavy atom. The van der Waals surface area contributed by atoms with E-state index >= 15 is 0 Å². The number of β-amino-alcohol motifs (C(OH)–C–C–N with tert-alkyl or cyclic N) is 1. The zero-order chi connectivity index (χ0) is 26.8. The Balaban J connectivity index is 1.65. The number of benzene rings is 1. The monoisotopic (exact) mass is 534 g/mol. The molecule has 4 rings (SSSR count). The lowest BCUT2D eigenvalue weighted by Gasteiger charge is -2.44. The molecule has 3 N–H and O–H groups in total. The average molecular weight is 535 g/mol. The van der Waals surface area contributed by atoms with Crippen molar-refractivity contribution in [2.75, 3.05) is 46.4 Å². The van der Waals surface area contributed by atoms with E-state index in [-0.39, 0.29) is 41.3 Å².